The fourth-order valence-electron chi connectivity index (χ4n) is 3.82. The Hall–Kier alpha value is -2.59. The van der Waals surface area contributed by atoms with E-state index in [1.165, 1.54) is 4.88 Å². The molecule has 0 unspecified atom stereocenters. The number of aromatic nitrogens is 1. The highest BCUT2D eigenvalue weighted by Crippen LogP contribution is 2.39. The summed E-state index contributed by atoms with van der Waals surface area (Å²) >= 11 is 1.63. The number of hydrogen-bond donors (Lipinski definition) is 1. The largest absolute Gasteiger partial charge is 0.452 e. The highest BCUT2D eigenvalue weighted by molar-refractivity contribution is 7.15. The van der Waals surface area contributed by atoms with Gasteiger partial charge in [-0.15, -0.1) is 11.3 Å². The van der Waals surface area contributed by atoms with Gasteiger partial charge in [-0.3, -0.25) is 4.79 Å². The van der Waals surface area contributed by atoms with Crippen LogP contribution in [0.1, 0.15) is 53.4 Å². The highest BCUT2D eigenvalue weighted by Gasteiger charge is 2.43. The number of esters is 1. The average molecular weight is 398 g/mol. The van der Waals surface area contributed by atoms with E-state index < -0.39 is 17.4 Å². The van der Waals surface area contributed by atoms with Gasteiger partial charge in [0.05, 0.1) is 11.6 Å². The molecule has 2 aromatic rings. The number of nitrogens with one attached hydrogen (secondary N) is 1. The third-order valence-electron chi connectivity index (χ3n) is 5.56. The van der Waals surface area contributed by atoms with E-state index in [1.54, 1.807) is 18.3 Å². The number of carbonyl (C=O) groups excluding carboxylic acids is 2. The van der Waals surface area contributed by atoms with Crippen molar-refractivity contribution in [3.05, 3.63) is 40.5 Å². The summed E-state index contributed by atoms with van der Waals surface area (Å²) in [5.41, 5.74) is 0.751. The Bertz CT molecular complexity index is 937. The zero-order valence-corrected chi connectivity index (χ0v) is 16.7. The molecule has 0 saturated heterocycles. The van der Waals surface area contributed by atoms with Crippen molar-refractivity contribution < 1.29 is 14.3 Å². The molecule has 0 aliphatic heterocycles. The van der Waals surface area contributed by atoms with Crippen molar-refractivity contribution in [2.75, 3.05) is 6.61 Å². The minimum Gasteiger partial charge on any atom is -0.452 e. The fraction of sp³-hybridized carbons (Fsp3) is 0.476. The molecule has 7 heteroatoms. The number of hydrogen-bond acceptors (Lipinski definition) is 5. The molecule has 0 spiro atoms. The predicted molar refractivity (Wildman–Crippen MR) is 105 cm³/mol. The van der Waals surface area contributed by atoms with Crippen molar-refractivity contribution in [3.8, 4) is 11.1 Å². The first kappa shape index (κ1) is 18.8. The number of aryl methyl sites for hydroxylation is 1. The Balaban J connectivity index is 1.50. The standard InChI is InChI=1S/C21H23N3O3S/c1-21(13-22,14-8-9-14)23-17(25)12-27-20(26)18-15-6-2-3-7-16(15)28-19(18)24-10-4-5-11-24/h4-5,10-11,14H,2-3,6-9,12H2,1H3,(H,23,25)/t21-/m0/s1. The molecule has 0 aromatic carbocycles. The number of fused-ring (bicyclic) bond motifs is 1. The van der Waals surface area contributed by atoms with Gasteiger partial charge in [0, 0.05) is 17.3 Å². The molecule has 6 nitrogen and oxygen atoms in total. The first-order valence-electron chi connectivity index (χ1n) is 9.69. The van der Waals surface area contributed by atoms with Crippen LogP contribution in [0, 0.1) is 17.2 Å². The predicted octanol–water partition coefficient (Wildman–Crippen LogP) is 3.38. The van der Waals surface area contributed by atoms with Crippen molar-refractivity contribution in [1.82, 2.24) is 9.88 Å². The molecule has 1 saturated carbocycles. The van der Waals surface area contributed by atoms with Crippen molar-refractivity contribution in [1.29, 1.82) is 5.26 Å². The number of nitriles is 1. The lowest BCUT2D eigenvalue weighted by atomic mass is 9.95. The van der Waals surface area contributed by atoms with Crippen molar-refractivity contribution in [2.45, 2.75) is 51.0 Å². The summed E-state index contributed by atoms with van der Waals surface area (Å²) in [6.07, 6.45) is 9.71. The highest BCUT2D eigenvalue weighted by atomic mass is 32.1. The minimum absolute atomic E-state index is 0.182. The summed E-state index contributed by atoms with van der Waals surface area (Å²) in [7, 11) is 0. The summed E-state index contributed by atoms with van der Waals surface area (Å²) in [5, 5.41) is 13.0. The van der Waals surface area contributed by atoms with Crippen LogP contribution in [0.15, 0.2) is 24.5 Å². The maximum Gasteiger partial charge on any atom is 0.341 e. The average Bonchev–Trinajstić information content (AvgIpc) is 3.28. The maximum atomic E-state index is 12.9. The second kappa shape index (κ2) is 7.44. The van der Waals surface area contributed by atoms with Crippen LogP contribution in [0.25, 0.3) is 5.00 Å². The molecule has 1 atom stereocenters. The topological polar surface area (TPSA) is 84.1 Å². The van der Waals surface area contributed by atoms with Gasteiger partial charge in [0.25, 0.3) is 5.91 Å². The van der Waals surface area contributed by atoms with Gasteiger partial charge in [0.15, 0.2) is 6.61 Å². The third kappa shape index (κ3) is 3.57. The molecule has 1 N–H and O–H groups in total. The number of amides is 1. The summed E-state index contributed by atoms with van der Waals surface area (Å²) in [6.45, 7) is 1.35. The van der Waals surface area contributed by atoms with Crippen LogP contribution in [0.4, 0.5) is 0 Å². The van der Waals surface area contributed by atoms with E-state index in [-0.39, 0.29) is 12.5 Å². The van der Waals surface area contributed by atoms with E-state index >= 15 is 0 Å². The second-order valence-electron chi connectivity index (χ2n) is 7.69. The SMILES string of the molecule is C[C@@](C#N)(NC(=O)COC(=O)c1c(-n2cccc2)sc2c1CCCC2)C1CC1. The molecule has 2 aromatic heterocycles. The molecule has 2 aliphatic carbocycles. The second-order valence-corrected chi connectivity index (χ2v) is 8.78. The molecule has 1 amide bonds. The lowest BCUT2D eigenvalue weighted by Gasteiger charge is -2.22. The van der Waals surface area contributed by atoms with E-state index in [4.69, 9.17) is 4.74 Å². The van der Waals surface area contributed by atoms with Crippen LogP contribution in [0.2, 0.25) is 0 Å². The van der Waals surface area contributed by atoms with Gasteiger partial charge < -0.3 is 14.6 Å². The van der Waals surface area contributed by atoms with E-state index in [0.717, 1.165) is 49.1 Å². The van der Waals surface area contributed by atoms with Crippen LogP contribution in [-0.4, -0.2) is 28.6 Å². The van der Waals surface area contributed by atoms with Crippen molar-refractivity contribution in [2.24, 2.45) is 5.92 Å². The first-order chi connectivity index (χ1) is 13.5. The number of carbonyl (C=O) groups is 2. The van der Waals surface area contributed by atoms with Crippen molar-refractivity contribution >= 4 is 23.2 Å². The van der Waals surface area contributed by atoms with Crippen molar-refractivity contribution in [3.63, 3.8) is 0 Å². The molecule has 1 fully saturated rings. The van der Waals surface area contributed by atoms with Gasteiger partial charge in [-0.1, -0.05) is 0 Å². The third-order valence-corrected chi connectivity index (χ3v) is 6.86. The molecule has 2 aliphatic rings. The molecular weight excluding hydrogens is 374 g/mol. The molecule has 2 heterocycles. The Morgan fingerprint density at radius 1 is 1.32 bits per heavy atom. The Labute approximate surface area is 168 Å². The molecule has 0 bridgehead atoms. The number of nitrogens with zero attached hydrogens (tertiary/aromatic N) is 2. The lowest BCUT2D eigenvalue weighted by Crippen LogP contribution is -2.48. The fourth-order valence-corrected chi connectivity index (χ4v) is 5.17. The van der Waals surface area contributed by atoms with Crippen LogP contribution >= 0.6 is 11.3 Å². The number of ether oxygens (including phenoxy) is 1. The number of rotatable bonds is 6. The summed E-state index contributed by atoms with van der Waals surface area (Å²) in [5.74, 6) is -0.722. The maximum absolute atomic E-state index is 12.9. The number of thiophene rings is 1. The zero-order chi connectivity index (χ0) is 19.7. The smallest absolute Gasteiger partial charge is 0.341 e. The van der Waals surface area contributed by atoms with Gasteiger partial charge >= 0.3 is 5.97 Å². The Kier molecular flexibility index (Phi) is 4.98. The van der Waals surface area contributed by atoms with Gasteiger partial charge in [-0.05, 0) is 69.1 Å². The van der Waals surface area contributed by atoms with Crippen LogP contribution in [0.5, 0.6) is 0 Å². The molecule has 146 valence electrons. The van der Waals surface area contributed by atoms with E-state index in [0.29, 0.717) is 5.56 Å². The van der Waals surface area contributed by atoms with E-state index in [9.17, 15) is 14.9 Å². The van der Waals surface area contributed by atoms with Gasteiger partial charge in [0.1, 0.15) is 10.5 Å². The minimum atomic E-state index is -0.888. The van der Waals surface area contributed by atoms with E-state index in [2.05, 4.69) is 11.4 Å². The molecule has 4 rings (SSSR count). The lowest BCUT2D eigenvalue weighted by molar-refractivity contribution is -0.125. The van der Waals surface area contributed by atoms with Gasteiger partial charge in [0.2, 0.25) is 0 Å². The van der Waals surface area contributed by atoms with Gasteiger partial charge in [-0.2, -0.15) is 5.26 Å². The van der Waals surface area contributed by atoms with Crippen LogP contribution in [-0.2, 0) is 22.4 Å². The summed E-state index contributed by atoms with van der Waals surface area (Å²) in [6, 6.07) is 6.02. The summed E-state index contributed by atoms with van der Waals surface area (Å²) < 4.78 is 7.31. The zero-order valence-electron chi connectivity index (χ0n) is 15.9. The van der Waals surface area contributed by atoms with Gasteiger partial charge in [-0.25, -0.2) is 4.79 Å². The Morgan fingerprint density at radius 3 is 2.71 bits per heavy atom. The molecular formula is C21H23N3O3S. The van der Waals surface area contributed by atoms with E-state index in [1.807, 2.05) is 29.1 Å². The monoisotopic (exact) mass is 397 g/mol. The quantitative estimate of drug-likeness (QED) is 0.758. The van der Waals surface area contributed by atoms with Crippen LogP contribution < -0.4 is 5.32 Å². The molecule has 28 heavy (non-hydrogen) atoms. The normalized spacial score (nSPS) is 17.9. The van der Waals surface area contributed by atoms with Crippen LogP contribution in [0.3, 0.4) is 0 Å². The summed E-state index contributed by atoms with van der Waals surface area (Å²) in [4.78, 5) is 26.4. The molecule has 0 radical (unpaired) electrons. The first-order valence-corrected chi connectivity index (χ1v) is 10.5. The Morgan fingerprint density at radius 2 is 2.04 bits per heavy atom.